The lowest BCUT2D eigenvalue weighted by Gasteiger charge is -2.21. The molecule has 1 aromatic rings. The molecule has 0 amide bonds. The van der Waals surface area contributed by atoms with Crippen molar-refractivity contribution in [3.05, 3.63) is 40.4 Å². The Bertz CT molecular complexity index is 603. The predicted molar refractivity (Wildman–Crippen MR) is 88.5 cm³/mol. The van der Waals surface area contributed by atoms with E-state index in [4.69, 9.17) is 23.2 Å². The second-order valence-corrected chi connectivity index (χ2v) is 7.28. The number of benzene rings is 1. The summed E-state index contributed by atoms with van der Waals surface area (Å²) in [5.74, 6) is 0. The van der Waals surface area contributed by atoms with Crippen molar-refractivity contribution in [2.75, 3.05) is 20.1 Å². The van der Waals surface area contributed by atoms with Gasteiger partial charge in [-0.05, 0) is 31.2 Å². The minimum atomic E-state index is -3.70. The smallest absolute Gasteiger partial charge is 0.244 e. The number of nitrogens with one attached hydrogen (secondary N) is 1. The molecule has 0 saturated carbocycles. The number of halogens is 2. The second-order valence-electron chi connectivity index (χ2n) is 4.56. The first-order valence-corrected chi connectivity index (χ1v) is 8.81. The molecule has 1 aromatic carbocycles. The van der Waals surface area contributed by atoms with Gasteiger partial charge in [0.15, 0.2) is 0 Å². The summed E-state index contributed by atoms with van der Waals surface area (Å²) >= 11 is 12.3. The zero-order valence-electron chi connectivity index (χ0n) is 12.2. The van der Waals surface area contributed by atoms with E-state index in [2.05, 4.69) is 11.9 Å². The Hall–Kier alpha value is -0.590. The fraction of sp³-hybridized carbons (Fsp3) is 0.429. The summed E-state index contributed by atoms with van der Waals surface area (Å²) in [6.45, 7) is 6.60. The number of hydrogen-bond acceptors (Lipinski definition) is 3. The highest BCUT2D eigenvalue weighted by atomic mass is 35.5. The average Bonchev–Trinajstić information content (AvgIpc) is 2.42. The molecular weight excluding hydrogens is 331 g/mol. The van der Waals surface area contributed by atoms with Crippen molar-refractivity contribution < 1.29 is 8.42 Å². The van der Waals surface area contributed by atoms with E-state index in [1.54, 1.807) is 19.2 Å². The fourth-order valence-corrected chi connectivity index (χ4v) is 4.38. The third-order valence-corrected chi connectivity index (χ3v) is 5.54. The summed E-state index contributed by atoms with van der Waals surface area (Å²) in [5, 5.41) is 3.50. The average molecular weight is 351 g/mol. The van der Waals surface area contributed by atoms with E-state index in [-0.39, 0.29) is 16.5 Å². The molecule has 0 radical (unpaired) electrons. The molecule has 1 N–H and O–H groups in total. The highest BCUT2D eigenvalue weighted by molar-refractivity contribution is 7.89. The van der Waals surface area contributed by atoms with E-state index in [1.807, 2.05) is 6.92 Å². The van der Waals surface area contributed by atoms with Crippen molar-refractivity contribution in [1.82, 2.24) is 9.62 Å². The Morgan fingerprint density at radius 1 is 1.38 bits per heavy atom. The molecule has 0 fully saturated rings. The molecule has 4 nitrogen and oxygen atoms in total. The molecule has 0 bridgehead atoms. The van der Waals surface area contributed by atoms with E-state index in [0.29, 0.717) is 30.1 Å². The molecular formula is C14H20Cl2N2O2S. The largest absolute Gasteiger partial charge is 0.316 e. The molecule has 0 atom stereocenters. The van der Waals surface area contributed by atoms with Gasteiger partial charge >= 0.3 is 0 Å². The maximum absolute atomic E-state index is 12.8. The molecule has 1 rings (SSSR count). The van der Waals surface area contributed by atoms with Gasteiger partial charge in [-0.2, -0.15) is 4.31 Å². The van der Waals surface area contributed by atoms with E-state index in [1.165, 1.54) is 10.4 Å². The van der Waals surface area contributed by atoms with Crippen LogP contribution in [-0.4, -0.2) is 32.9 Å². The minimum absolute atomic E-state index is 0.0391. The molecule has 0 spiro atoms. The predicted octanol–water partition coefficient (Wildman–Crippen LogP) is 3.30. The van der Waals surface area contributed by atoms with Gasteiger partial charge in [-0.25, -0.2) is 8.42 Å². The lowest BCUT2D eigenvalue weighted by molar-refractivity contribution is 0.441. The quantitative estimate of drug-likeness (QED) is 0.731. The lowest BCUT2D eigenvalue weighted by atomic mass is 10.2. The fourth-order valence-electron chi connectivity index (χ4n) is 1.97. The first-order valence-electron chi connectivity index (χ1n) is 6.62. The molecule has 0 aromatic heterocycles. The van der Waals surface area contributed by atoms with Crippen LogP contribution in [0.3, 0.4) is 0 Å². The molecule has 0 aliphatic rings. The van der Waals surface area contributed by atoms with Crippen LogP contribution in [0.5, 0.6) is 0 Å². The van der Waals surface area contributed by atoms with Gasteiger partial charge in [0.2, 0.25) is 10.0 Å². The van der Waals surface area contributed by atoms with E-state index in [9.17, 15) is 8.42 Å². The van der Waals surface area contributed by atoms with Crippen molar-refractivity contribution in [1.29, 1.82) is 0 Å². The maximum atomic E-state index is 12.8. The standard InChI is InChI=1S/C14H20Cl2N2O2S/c1-4-6-18(7-5-2)21(19,20)13-9-12(15)8-11(10-17-3)14(13)16/h4,8-9,17H,1,5-7,10H2,2-3H3. The highest BCUT2D eigenvalue weighted by Gasteiger charge is 2.27. The monoisotopic (exact) mass is 350 g/mol. The van der Waals surface area contributed by atoms with Crippen LogP contribution in [0.15, 0.2) is 29.7 Å². The van der Waals surface area contributed by atoms with Gasteiger partial charge in [-0.3, -0.25) is 0 Å². The number of hydrogen-bond donors (Lipinski definition) is 1. The summed E-state index contributed by atoms with van der Waals surface area (Å²) in [7, 11) is -1.94. The van der Waals surface area contributed by atoms with Crippen molar-refractivity contribution in [3.63, 3.8) is 0 Å². The normalized spacial score (nSPS) is 11.9. The van der Waals surface area contributed by atoms with Crippen molar-refractivity contribution in [2.24, 2.45) is 0 Å². The Balaban J connectivity index is 3.38. The molecule has 0 unspecified atom stereocenters. The molecule has 0 saturated heterocycles. The van der Waals surface area contributed by atoms with Crippen LogP contribution in [0.1, 0.15) is 18.9 Å². The van der Waals surface area contributed by atoms with E-state index >= 15 is 0 Å². The summed E-state index contributed by atoms with van der Waals surface area (Å²) in [5.41, 5.74) is 0.653. The Labute approximate surface area is 136 Å². The summed E-state index contributed by atoms with van der Waals surface area (Å²) in [4.78, 5) is 0.0391. The van der Waals surface area contributed by atoms with Gasteiger partial charge in [0.25, 0.3) is 0 Å². The number of rotatable bonds is 8. The van der Waals surface area contributed by atoms with Crippen molar-refractivity contribution >= 4 is 33.2 Å². The van der Waals surface area contributed by atoms with Gasteiger partial charge < -0.3 is 5.32 Å². The Morgan fingerprint density at radius 2 is 2.05 bits per heavy atom. The van der Waals surface area contributed by atoms with Gasteiger partial charge in [0, 0.05) is 24.7 Å². The minimum Gasteiger partial charge on any atom is -0.316 e. The summed E-state index contributed by atoms with van der Waals surface area (Å²) in [6.07, 6.45) is 2.26. The van der Waals surface area contributed by atoms with Gasteiger partial charge in [-0.15, -0.1) is 6.58 Å². The van der Waals surface area contributed by atoms with Crippen LogP contribution >= 0.6 is 23.2 Å². The van der Waals surface area contributed by atoms with Gasteiger partial charge in [0.05, 0.1) is 5.02 Å². The topological polar surface area (TPSA) is 49.4 Å². The zero-order chi connectivity index (χ0) is 16.0. The Morgan fingerprint density at radius 3 is 2.57 bits per heavy atom. The summed E-state index contributed by atoms with van der Waals surface area (Å²) < 4.78 is 26.9. The zero-order valence-corrected chi connectivity index (χ0v) is 14.5. The SMILES string of the molecule is C=CCN(CCC)S(=O)(=O)c1cc(Cl)cc(CNC)c1Cl. The van der Waals surface area contributed by atoms with Crippen LogP contribution in [-0.2, 0) is 16.6 Å². The van der Waals surface area contributed by atoms with E-state index < -0.39 is 10.0 Å². The second kappa shape index (κ2) is 8.15. The molecule has 0 heterocycles. The molecule has 118 valence electrons. The highest BCUT2D eigenvalue weighted by Crippen LogP contribution is 2.31. The first-order chi connectivity index (χ1) is 9.88. The first kappa shape index (κ1) is 18.5. The van der Waals surface area contributed by atoms with Gasteiger partial charge in [0.1, 0.15) is 4.90 Å². The molecule has 21 heavy (non-hydrogen) atoms. The third kappa shape index (κ3) is 4.44. The van der Waals surface area contributed by atoms with Crippen LogP contribution in [0.2, 0.25) is 10.0 Å². The Kier molecular flexibility index (Phi) is 7.16. The van der Waals surface area contributed by atoms with Crippen LogP contribution in [0.4, 0.5) is 0 Å². The van der Waals surface area contributed by atoms with Crippen LogP contribution in [0, 0.1) is 0 Å². The molecule has 0 aliphatic carbocycles. The van der Waals surface area contributed by atoms with Gasteiger partial charge in [-0.1, -0.05) is 36.2 Å². The van der Waals surface area contributed by atoms with Crippen LogP contribution in [0.25, 0.3) is 0 Å². The van der Waals surface area contributed by atoms with Crippen molar-refractivity contribution in [3.8, 4) is 0 Å². The van der Waals surface area contributed by atoms with Crippen LogP contribution < -0.4 is 5.32 Å². The summed E-state index contributed by atoms with van der Waals surface area (Å²) in [6, 6.07) is 3.06. The lowest BCUT2D eigenvalue weighted by Crippen LogP contribution is -2.32. The number of nitrogens with zero attached hydrogens (tertiary/aromatic N) is 1. The number of sulfonamides is 1. The molecule has 7 heteroatoms. The van der Waals surface area contributed by atoms with E-state index in [0.717, 1.165) is 0 Å². The maximum Gasteiger partial charge on any atom is 0.244 e. The molecule has 0 aliphatic heterocycles. The third-order valence-electron chi connectivity index (χ3n) is 2.87. The van der Waals surface area contributed by atoms with Crippen molar-refractivity contribution in [2.45, 2.75) is 24.8 Å².